The van der Waals surface area contributed by atoms with Gasteiger partial charge in [-0.1, -0.05) is 6.07 Å². The highest BCUT2D eigenvalue weighted by Gasteiger charge is 2.26. The van der Waals surface area contributed by atoms with Gasteiger partial charge in [-0.25, -0.2) is 8.78 Å². The first-order chi connectivity index (χ1) is 13.5. The van der Waals surface area contributed by atoms with Gasteiger partial charge in [-0.3, -0.25) is 9.48 Å². The second-order valence-corrected chi connectivity index (χ2v) is 8.88. The summed E-state index contributed by atoms with van der Waals surface area (Å²) in [6.45, 7) is 1.06. The van der Waals surface area contributed by atoms with Crippen molar-refractivity contribution < 1.29 is 13.6 Å². The lowest BCUT2D eigenvalue weighted by molar-refractivity contribution is 0.0755. The summed E-state index contributed by atoms with van der Waals surface area (Å²) in [5.74, 6) is -0.253. The number of amides is 1. The van der Waals surface area contributed by atoms with Crippen LogP contribution in [-0.2, 0) is 7.05 Å². The van der Waals surface area contributed by atoms with Crippen LogP contribution in [-0.4, -0.2) is 39.4 Å². The van der Waals surface area contributed by atoms with E-state index >= 15 is 0 Å². The smallest absolute Gasteiger partial charge is 0.272 e. The first-order valence-electron chi connectivity index (χ1n) is 8.96. The van der Waals surface area contributed by atoms with Crippen molar-refractivity contribution in [3.8, 4) is 10.6 Å². The van der Waals surface area contributed by atoms with Crippen molar-refractivity contribution in [2.45, 2.75) is 11.7 Å². The molecular formula is C20H19F2N3OS2. The van der Waals surface area contributed by atoms with Crippen LogP contribution >= 0.6 is 23.1 Å². The zero-order valence-corrected chi connectivity index (χ0v) is 16.9. The fourth-order valence-electron chi connectivity index (χ4n) is 3.36. The lowest BCUT2D eigenvalue weighted by Gasteiger charge is -2.20. The van der Waals surface area contributed by atoms with E-state index in [0.29, 0.717) is 36.5 Å². The summed E-state index contributed by atoms with van der Waals surface area (Å²) in [4.78, 5) is 15.8. The predicted molar refractivity (Wildman–Crippen MR) is 109 cm³/mol. The zero-order valence-electron chi connectivity index (χ0n) is 15.3. The highest BCUT2D eigenvalue weighted by atomic mass is 32.2. The molecule has 1 amide bonds. The van der Waals surface area contributed by atoms with Gasteiger partial charge in [0.15, 0.2) is 0 Å². The van der Waals surface area contributed by atoms with E-state index in [4.69, 9.17) is 0 Å². The third kappa shape index (κ3) is 3.84. The number of hydrogen-bond donors (Lipinski definition) is 0. The molecular weight excluding hydrogens is 400 g/mol. The summed E-state index contributed by atoms with van der Waals surface area (Å²) >= 11 is 3.14. The van der Waals surface area contributed by atoms with E-state index in [0.717, 1.165) is 16.6 Å². The summed E-state index contributed by atoms with van der Waals surface area (Å²) < 4.78 is 29.3. The monoisotopic (exact) mass is 419 g/mol. The molecule has 3 aromatic rings. The number of rotatable bonds is 3. The molecule has 0 aliphatic carbocycles. The van der Waals surface area contributed by atoms with Gasteiger partial charge in [-0.05, 0) is 42.1 Å². The van der Waals surface area contributed by atoms with Crippen LogP contribution in [0.3, 0.4) is 0 Å². The lowest BCUT2D eigenvalue weighted by atomic mass is 10.1. The van der Waals surface area contributed by atoms with Gasteiger partial charge < -0.3 is 4.90 Å². The summed E-state index contributed by atoms with van der Waals surface area (Å²) in [7, 11) is 1.77. The van der Waals surface area contributed by atoms with Crippen molar-refractivity contribution in [2.75, 3.05) is 18.8 Å². The molecule has 2 aromatic heterocycles. The van der Waals surface area contributed by atoms with Crippen LogP contribution in [0, 0.1) is 11.6 Å². The Morgan fingerprint density at radius 2 is 2.07 bits per heavy atom. The molecule has 0 radical (unpaired) electrons. The number of benzene rings is 1. The minimum atomic E-state index is -0.440. The Labute approximate surface area is 170 Å². The highest BCUT2D eigenvalue weighted by molar-refractivity contribution is 7.99. The molecule has 1 aliphatic rings. The number of aromatic nitrogens is 2. The number of thiophene rings is 1. The number of halogens is 2. The first-order valence-corrected chi connectivity index (χ1v) is 10.9. The Morgan fingerprint density at radius 1 is 1.21 bits per heavy atom. The average molecular weight is 420 g/mol. The van der Waals surface area contributed by atoms with Crippen LogP contribution < -0.4 is 0 Å². The number of aryl methyl sites for hydroxylation is 1. The molecule has 1 aromatic carbocycles. The number of carbonyl (C=O) groups is 1. The lowest BCUT2D eigenvalue weighted by Crippen LogP contribution is -2.34. The van der Waals surface area contributed by atoms with Crippen LogP contribution in [0.1, 0.15) is 27.7 Å². The van der Waals surface area contributed by atoms with E-state index in [9.17, 15) is 13.6 Å². The van der Waals surface area contributed by atoms with Crippen molar-refractivity contribution in [1.82, 2.24) is 14.7 Å². The van der Waals surface area contributed by atoms with Gasteiger partial charge in [0.05, 0.1) is 4.88 Å². The Hall–Kier alpha value is -2.19. The third-order valence-electron chi connectivity index (χ3n) is 4.81. The van der Waals surface area contributed by atoms with E-state index < -0.39 is 11.6 Å². The largest absolute Gasteiger partial charge is 0.336 e. The fourth-order valence-corrected chi connectivity index (χ4v) is 5.28. The van der Waals surface area contributed by atoms with E-state index in [1.54, 1.807) is 39.7 Å². The third-order valence-corrected chi connectivity index (χ3v) is 7.01. The van der Waals surface area contributed by atoms with Crippen LogP contribution in [0.5, 0.6) is 0 Å². The standard InChI is InChI=1S/C20H19F2N3OS2/c1-24-17(12-16(23-24)19-3-2-9-27-19)20(26)25-7-6-18(28-10-8-25)14-11-13(21)4-5-15(14)22/h2-5,9,11-12,18H,6-8,10H2,1H3. The summed E-state index contributed by atoms with van der Waals surface area (Å²) in [6, 6.07) is 9.30. The van der Waals surface area contributed by atoms with Crippen molar-refractivity contribution in [3.63, 3.8) is 0 Å². The Kier molecular flexibility index (Phi) is 5.50. The van der Waals surface area contributed by atoms with Crippen LogP contribution in [0.25, 0.3) is 10.6 Å². The molecule has 4 rings (SSSR count). The fraction of sp³-hybridized carbons (Fsp3) is 0.300. The molecule has 1 atom stereocenters. The van der Waals surface area contributed by atoms with Crippen LogP contribution in [0.4, 0.5) is 8.78 Å². The van der Waals surface area contributed by atoms with Crippen molar-refractivity contribution >= 4 is 29.0 Å². The Morgan fingerprint density at radius 3 is 2.86 bits per heavy atom. The number of thioether (sulfide) groups is 1. The molecule has 0 N–H and O–H groups in total. The maximum Gasteiger partial charge on any atom is 0.272 e. The first kappa shape index (κ1) is 19.1. The van der Waals surface area contributed by atoms with Gasteiger partial charge in [0.25, 0.3) is 5.91 Å². The molecule has 146 valence electrons. The second kappa shape index (κ2) is 8.05. The summed E-state index contributed by atoms with van der Waals surface area (Å²) in [6.07, 6.45) is 0.576. The molecule has 0 bridgehead atoms. The molecule has 3 heterocycles. The van der Waals surface area contributed by atoms with Crippen molar-refractivity contribution in [1.29, 1.82) is 0 Å². The maximum absolute atomic E-state index is 14.1. The number of nitrogens with zero attached hydrogens (tertiary/aromatic N) is 3. The van der Waals surface area contributed by atoms with E-state index in [-0.39, 0.29) is 11.2 Å². The van der Waals surface area contributed by atoms with Crippen molar-refractivity contribution in [3.05, 3.63) is 64.7 Å². The maximum atomic E-state index is 14.1. The molecule has 1 unspecified atom stereocenters. The number of carbonyl (C=O) groups excluding carboxylic acids is 1. The average Bonchev–Trinajstić information content (AvgIpc) is 3.27. The Balaban J connectivity index is 1.50. The van der Waals surface area contributed by atoms with Crippen LogP contribution in [0.2, 0.25) is 0 Å². The second-order valence-electron chi connectivity index (χ2n) is 6.62. The van der Waals surface area contributed by atoms with E-state index in [1.165, 1.54) is 12.1 Å². The zero-order chi connectivity index (χ0) is 19.7. The van der Waals surface area contributed by atoms with Gasteiger partial charge in [0.1, 0.15) is 23.0 Å². The van der Waals surface area contributed by atoms with Gasteiger partial charge in [0.2, 0.25) is 0 Å². The molecule has 1 aliphatic heterocycles. The molecule has 0 spiro atoms. The highest BCUT2D eigenvalue weighted by Crippen LogP contribution is 2.36. The molecule has 28 heavy (non-hydrogen) atoms. The van der Waals surface area contributed by atoms with Crippen molar-refractivity contribution in [2.24, 2.45) is 7.05 Å². The van der Waals surface area contributed by atoms with Gasteiger partial charge in [-0.2, -0.15) is 16.9 Å². The van der Waals surface area contributed by atoms with E-state index in [1.807, 2.05) is 23.6 Å². The summed E-state index contributed by atoms with van der Waals surface area (Å²) in [5.41, 5.74) is 1.69. The molecule has 1 fully saturated rings. The minimum Gasteiger partial charge on any atom is -0.336 e. The summed E-state index contributed by atoms with van der Waals surface area (Å²) in [5, 5.41) is 6.27. The normalized spacial score (nSPS) is 17.5. The van der Waals surface area contributed by atoms with E-state index in [2.05, 4.69) is 5.10 Å². The number of hydrogen-bond acceptors (Lipinski definition) is 4. The van der Waals surface area contributed by atoms with Crippen LogP contribution in [0.15, 0.2) is 41.8 Å². The topological polar surface area (TPSA) is 38.1 Å². The predicted octanol–water partition coefficient (Wildman–Crippen LogP) is 4.75. The SMILES string of the molecule is Cn1nc(-c2cccs2)cc1C(=O)N1CCSC(c2cc(F)ccc2F)CC1. The van der Waals surface area contributed by atoms with Gasteiger partial charge in [-0.15, -0.1) is 11.3 Å². The molecule has 8 heteroatoms. The minimum absolute atomic E-state index is 0.0845. The molecule has 4 nitrogen and oxygen atoms in total. The van der Waals surface area contributed by atoms with Gasteiger partial charge >= 0.3 is 0 Å². The Bertz CT molecular complexity index is 988. The molecule has 1 saturated heterocycles. The quantitative estimate of drug-likeness (QED) is 0.615. The van der Waals surface area contributed by atoms with Gasteiger partial charge in [0, 0.05) is 36.7 Å². The molecule has 0 saturated carbocycles.